The average molecular weight is 596 g/mol. The summed E-state index contributed by atoms with van der Waals surface area (Å²) in [5.74, 6) is -2.19. The number of allylic oxidation sites excluding steroid dienone is 2. The van der Waals surface area contributed by atoms with Gasteiger partial charge in [0.1, 0.15) is 5.75 Å². The van der Waals surface area contributed by atoms with Crippen LogP contribution >= 0.6 is 0 Å². The summed E-state index contributed by atoms with van der Waals surface area (Å²) < 4.78 is 5.58. The highest BCUT2D eigenvalue weighted by molar-refractivity contribution is 6.25. The van der Waals surface area contributed by atoms with Crippen LogP contribution in [0.2, 0.25) is 0 Å². The molecule has 2 saturated heterocycles. The summed E-state index contributed by atoms with van der Waals surface area (Å²) >= 11 is 0. The largest absolute Gasteiger partial charge is 0.495 e. The highest BCUT2D eigenvalue weighted by atomic mass is 16.5. The van der Waals surface area contributed by atoms with E-state index in [4.69, 9.17) is 9.84 Å². The standard InChI is InChI=1S/C37H29N3O5/c1-45-27-13-7-6-12-26(27)39-33(41)31-28-20-8-2-4-10-24(20)37(32(31)36(39)44,25-11-5-3-9-21(25)28)17-38-40-34(42)29-18-14-15-19(23-16-22(18)23)30(29)35(40)43/h2-15,17-19,22-23,28-32H,16H2,1H3/b38-17-/t18-,19-,22-,23+,28?,29-,30+,31+,32-,37?/m0/s1. The average Bonchev–Trinajstić information content (AvgIpc) is 3.81. The molecule has 4 amide bonds. The second-order valence-electron chi connectivity index (χ2n) is 13.6. The normalized spacial score (nSPS) is 37.6. The minimum atomic E-state index is -1.18. The molecule has 2 saturated carbocycles. The monoisotopic (exact) mass is 595 g/mol. The van der Waals surface area contributed by atoms with E-state index in [2.05, 4.69) is 12.2 Å². The first-order valence-corrected chi connectivity index (χ1v) is 15.8. The maximum Gasteiger partial charge on any atom is 0.254 e. The summed E-state index contributed by atoms with van der Waals surface area (Å²) in [6, 6.07) is 22.9. The van der Waals surface area contributed by atoms with E-state index in [0.29, 0.717) is 23.3 Å². The van der Waals surface area contributed by atoms with E-state index in [1.807, 2.05) is 48.5 Å². The van der Waals surface area contributed by atoms with E-state index in [0.717, 1.165) is 33.7 Å². The van der Waals surface area contributed by atoms with Gasteiger partial charge in [-0.1, -0.05) is 72.8 Å². The fourth-order valence-electron chi connectivity index (χ4n) is 10.3. The topological polar surface area (TPSA) is 96.3 Å². The molecule has 8 nitrogen and oxygen atoms in total. The van der Waals surface area contributed by atoms with E-state index >= 15 is 0 Å². The Morgan fingerprint density at radius 1 is 0.733 bits per heavy atom. The number of hydrogen-bond acceptors (Lipinski definition) is 6. The predicted molar refractivity (Wildman–Crippen MR) is 163 cm³/mol. The molecule has 0 aromatic heterocycles. The zero-order chi connectivity index (χ0) is 30.4. The van der Waals surface area contributed by atoms with E-state index in [-0.39, 0.29) is 53.2 Å². The minimum Gasteiger partial charge on any atom is -0.495 e. The first-order valence-electron chi connectivity index (χ1n) is 15.8. The van der Waals surface area contributed by atoms with Crippen LogP contribution in [0.1, 0.15) is 34.6 Å². The Morgan fingerprint density at radius 3 is 1.93 bits per heavy atom. The van der Waals surface area contributed by atoms with Gasteiger partial charge in [-0.3, -0.25) is 19.2 Å². The Kier molecular flexibility index (Phi) is 4.78. The number of anilines is 1. The lowest BCUT2D eigenvalue weighted by atomic mass is 9.47. The predicted octanol–water partition coefficient (Wildman–Crippen LogP) is 4.28. The number of nitrogens with zero attached hydrogens (tertiary/aromatic N) is 3. The highest BCUT2D eigenvalue weighted by Gasteiger charge is 2.70. The van der Waals surface area contributed by atoms with Crippen LogP contribution in [-0.4, -0.2) is 42.0 Å². The number of ether oxygens (including phenoxy) is 1. The molecule has 3 aromatic carbocycles. The van der Waals surface area contributed by atoms with Gasteiger partial charge in [0.15, 0.2) is 0 Å². The zero-order valence-corrected chi connectivity index (χ0v) is 24.4. The van der Waals surface area contributed by atoms with E-state index in [1.165, 1.54) is 12.0 Å². The summed E-state index contributed by atoms with van der Waals surface area (Å²) in [5.41, 5.74) is 2.90. The third-order valence-electron chi connectivity index (χ3n) is 12.0. The Morgan fingerprint density at radius 2 is 1.31 bits per heavy atom. The van der Waals surface area contributed by atoms with Gasteiger partial charge in [-0.25, -0.2) is 4.90 Å². The lowest BCUT2D eigenvalue weighted by Gasteiger charge is -2.52. The van der Waals surface area contributed by atoms with Crippen molar-refractivity contribution in [3.63, 3.8) is 0 Å². The van der Waals surface area contributed by atoms with Crippen molar-refractivity contribution in [3.05, 3.63) is 107 Å². The van der Waals surface area contributed by atoms with Gasteiger partial charge in [-0.15, -0.1) is 0 Å². The summed E-state index contributed by atoms with van der Waals surface area (Å²) in [6.07, 6.45) is 7.02. The number of methoxy groups -OCH3 is 1. The van der Waals surface area contributed by atoms with Crippen molar-refractivity contribution in [2.24, 2.45) is 52.4 Å². The Hall–Kier alpha value is -4.85. The number of hydrogen-bond donors (Lipinski definition) is 0. The number of benzene rings is 3. The summed E-state index contributed by atoms with van der Waals surface area (Å²) in [5, 5.41) is 5.85. The molecule has 7 aliphatic carbocycles. The Balaban J connectivity index is 1.16. The molecule has 0 unspecified atom stereocenters. The number of rotatable bonds is 4. The molecule has 4 bridgehead atoms. The Bertz CT molecular complexity index is 1880. The second-order valence-corrected chi connectivity index (χ2v) is 13.6. The molecule has 8 atom stereocenters. The molecule has 0 N–H and O–H groups in total. The van der Waals surface area contributed by atoms with Crippen LogP contribution in [0.15, 0.2) is 90.0 Å². The van der Waals surface area contributed by atoms with Gasteiger partial charge in [-0.2, -0.15) is 10.1 Å². The molecule has 0 radical (unpaired) electrons. The molecule has 222 valence electrons. The van der Waals surface area contributed by atoms with Crippen LogP contribution in [0.4, 0.5) is 5.69 Å². The van der Waals surface area contributed by atoms with Gasteiger partial charge in [0.25, 0.3) is 11.8 Å². The summed E-state index contributed by atoms with van der Waals surface area (Å²) in [7, 11) is 1.52. The quantitative estimate of drug-likeness (QED) is 0.255. The number of amides is 4. The number of hydrazone groups is 1. The molecule has 45 heavy (non-hydrogen) atoms. The molecular formula is C37H29N3O5. The molecule has 12 rings (SSSR count). The van der Waals surface area contributed by atoms with Gasteiger partial charge in [-0.05, 0) is 64.5 Å². The first-order chi connectivity index (χ1) is 22.0. The molecule has 4 fully saturated rings. The minimum absolute atomic E-state index is 0.0826. The SMILES string of the molecule is COc1ccccc1N1C(=O)[C@@H]2C3c4ccccc4C(/C=N\N4C(=O)[C@@H]5[C@H]6C=C[C@@H]([C@@H]7C[C@H]67)[C@@H]5C4=O)(c4ccccc43)[C@@H]2C1=O. The van der Waals surface area contributed by atoms with Crippen LogP contribution < -0.4 is 9.64 Å². The number of carbonyl (C=O) groups is 4. The molecule has 0 spiro atoms. The van der Waals surface area contributed by atoms with Crippen LogP contribution in [0, 0.1) is 47.3 Å². The number of carbonyl (C=O) groups excluding carboxylic acids is 4. The van der Waals surface area contributed by atoms with Crippen molar-refractivity contribution in [1.82, 2.24) is 5.01 Å². The fourth-order valence-corrected chi connectivity index (χ4v) is 10.3. The van der Waals surface area contributed by atoms with Crippen molar-refractivity contribution in [2.45, 2.75) is 17.8 Å². The molecule has 2 heterocycles. The number of imide groups is 2. The van der Waals surface area contributed by atoms with Gasteiger partial charge in [0.05, 0.1) is 41.9 Å². The summed E-state index contributed by atoms with van der Waals surface area (Å²) in [4.78, 5) is 58.4. The molecular weight excluding hydrogens is 566 g/mol. The number of para-hydroxylation sites is 2. The zero-order valence-electron chi connectivity index (χ0n) is 24.4. The fraction of sp³-hybridized carbons (Fsp3) is 0.324. The van der Waals surface area contributed by atoms with Crippen LogP contribution in [0.5, 0.6) is 5.75 Å². The molecule has 9 aliphatic rings. The van der Waals surface area contributed by atoms with Gasteiger partial charge in [0.2, 0.25) is 11.8 Å². The highest BCUT2D eigenvalue weighted by Crippen LogP contribution is 2.66. The molecule has 3 aromatic rings. The third-order valence-corrected chi connectivity index (χ3v) is 12.0. The smallest absolute Gasteiger partial charge is 0.254 e. The lowest BCUT2D eigenvalue weighted by molar-refractivity contribution is -0.140. The van der Waals surface area contributed by atoms with Crippen LogP contribution in [0.3, 0.4) is 0 Å². The maximum atomic E-state index is 14.7. The summed E-state index contributed by atoms with van der Waals surface area (Å²) in [6.45, 7) is 0. The van der Waals surface area contributed by atoms with Crippen LogP contribution in [0.25, 0.3) is 0 Å². The van der Waals surface area contributed by atoms with Crippen molar-refractivity contribution in [3.8, 4) is 5.75 Å². The van der Waals surface area contributed by atoms with Crippen LogP contribution in [-0.2, 0) is 24.6 Å². The van der Waals surface area contributed by atoms with E-state index in [1.54, 1.807) is 30.5 Å². The lowest BCUT2D eigenvalue weighted by Crippen LogP contribution is -2.55. The van der Waals surface area contributed by atoms with E-state index < -0.39 is 17.3 Å². The first kappa shape index (κ1) is 25.5. The molecule has 8 heteroatoms. The van der Waals surface area contributed by atoms with Crippen molar-refractivity contribution in [2.75, 3.05) is 12.0 Å². The van der Waals surface area contributed by atoms with Gasteiger partial charge >= 0.3 is 0 Å². The third kappa shape index (κ3) is 2.87. The van der Waals surface area contributed by atoms with Crippen molar-refractivity contribution < 1.29 is 23.9 Å². The maximum absolute atomic E-state index is 14.7. The van der Waals surface area contributed by atoms with Gasteiger partial charge in [0, 0.05) is 12.1 Å². The van der Waals surface area contributed by atoms with Crippen molar-refractivity contribution >= 4 is 35.5 Å². The molecule has 2 aliphatic heterocycles. The van der Waals surface area contributed by atoms with Crippen molar-refractivity contribution in [1.29, 1.82) is 0 Å². The van der Waals surface area contributed by atoms with Gasteiger partial charge < -0.3 is 4.74 Å². The second kappa shape index (κ2) is 8.44. The van der Waals surface area contributed by atoms with E-state index in [9.17, 15) is 19.2 Å². The Labute approximate surface area is 259 Å².